The molecule has 0 heterocycles. The molecule has 0 amide bonds. The lowest BCUT2D eigenvalue weighted by molar-refractivity contribution is 1.47. The lowest BCUT2D eigenvalue weighted by Gasteiger charge is -2.19. The van der Waals surface area contributed by atoms with Crippen molar-refractivity contribution in [1.82, 2.24) is 0 Å². The highest BCUT2D eigenvalue weighted by molar-refractivity contribution is 6.05. The fourth-order valence-corrected chi connectivity index (χ4v) is 7.18. The molecule has 268 valence electrons. The number of hydrogen-bond donors (Lipinski definition) is 0. The molecule has 4 nitrogen and oxygen atoms in total. The highest BCUT2D eigenvalue weighted by atomic mass is 14.3. The van der Waals surface area contributed by atoms with Gasteiger partial charge in [-0.15, -0.1) is 0 Å². The molecular weight excluding hydrogens is 705 g/mol. The Bertz CT molecular complexity index is 2520. The van der Waals surface area contributed by atoms with Crippen LogP contribution in [0.3, 0.4) is 0 Å². The quantitative estimate of drug-likeness (QED) is 0.145. The number of rotatable bonds is 8. The third-order valence-corrected chi connectivity index (χ3v) is 10.3. The molecule has 0 radical (unpaired) electrons. The maximum atomic E-state index is 9.34. The first-order valence-electron chi connectivity index (χ1n) is 18.7. The minimum absolute atomic E-state index is 0.620. The molecule has 0 bridgehead atoms. The zero-order valence-electron chi connectivity index (χ0n) is 31.3. The summed E-state index contributed by atoms with van der Waals surface area (Å²) in [4.78, 5) is 0. The van der Waals surface area contributed by atoms with E-state index in [1.165, 1.54) is 0 Å². The van der Waals surface area contributed by atoms with Crippen LogP contribution in [0.2, 0.25) is 0 Å². The smallest absolute Gasteiger partial charge is 0.0991 e. The fraction of sp³-hybridized carbons (Fsp3) is 0. The number of benzene rings is 8. The molecule has 0 aliphatic rings. The zero-order valence-corrected chi connectivity index (χ0v) is 31.3. The van der Waals surface area contributed by atoms with Crippen molar-refractivity contribution >= 4 is 11.1 Å². The predicted octanol–water partition coefficient (Wildman–Crippen LogP) is 12.8. The Kier molecular flexibility index (Phi) is 10.3. The van der Waals surface area contributed by atoms with Crippen LogP contribution in [-0.4, -0.2) is 0 Å². The van der Waals surface area contributed by atoms with Crippen LogP contribution in [0.25, 0.3) is 55.7 Å². The number of hydrogen-bond acceptors (Lipinski definition) is 4. The zero-order chi connectivity index (χ0) is 39.8. The largest absolute Gasteiger partial charge is 0.192 e. The standard InChI is InChI=1S/C54H32N4/c55-33-37-1-9-41(10-2-37)45-17-25-49(26-18-45)53(50-27-19-46(20-28-50)42-11-3-38(34-56)4-12-42)54(51-29-21-47(22-30-51)43-13-5-39(35-57)6-14-43)52-31-23-48(24-32-52)44-15-7-40(36-58)8-16-44/h1-32H. The third kappa shape index (κ3) is 7.68. The molecule has 0 fully saturated rings. The van der Waals surface area contributed by atoms with Crippen molar-refractivity contribution in [3.05, 3.63) is 239 Å². The van der Waals surface area contributed by atoms with Crippen molar-refractivity contribution < 1.29 is 0 Å². The van der Waals surface area contributed by atoms with Crippen molar-refractivity contribution in [2.45, 2.75) is 0 Å². The van der Waals surface area contributed by atoms with Gasteiger partial charge in [0.2, 0.25) is 0 Å². The van der Waals surface area contributed by atoms with Gasteiger partial charge in [0.25, 0.3) is 0 Å². The summed E-state index contributed by atoms with van der Waals surface area (Å²) in [6.45, 7) is 0. The Labute approximate surface area is 338 Å². The van der Waals surface area contributed by atoms with E-state index >= 15 is 0 Å². The average Bonchev–Trinajstić information content (AvgIpc) is 3.31. The van der Waals surface area contributed by atoms with Crippen LogP contribution in [-0.2, 0) is 0 Å². The van der Waals surface area contributed by atoms with Gasteiger partial charge in [-0.1, -0.05) is 146 Å². The normalized spacial score (nSPS) is 10.3. The number of nitrogens with zero attached hydrogens (tertiary/aromatic N) is 4. The van der Waals surface area contributed by atoms with Gasteiger partial charge in [-0.3, -0.25) is 0 Å². The predicted molar refractivity (Wildman–Crippen MR) is 231 cm³/mol. The fourth-order valence-electron chi connectivity index (χ4n) is 7.18. The molecule has 0 unspecified atom stereocenters. The summed E-state index contributed by atoms with van der Waals surface area (Å²) in [5.41, 5.74) is 17.0. The van der Waals surface area contributed by atoms with Gasteiger partial charge in [-0.2, -0.15) is 21.0 Å². The van der Waals surface area contributed by atoms with Gasteiger partial charge in [0.15, 0.2) is 0 Å². The summed E-state index contributed by atoms with van der Waals surface area (Å²) in [5, 5.41) is 37.4. The summed E-state index contributed by atoms with van der Waals surface area (Å²) in [5.74, 6) is 0. The van der Waals surface area contributed by atoms with E-state index in [9.17, 15) is 21.0 Å². The van der Waals surface area contributed by atoms with E-state index in [0.29, 0.717) is 22.3 Å². The molecule has 0 spiro atoms. The third-order valence-electron chi connectivity index (χ3n) is 10.3. The van der Waals surface area contributed by atoms with Crippen LogP contribution in [0.5, 0.6) is 0 Å². The summed E-state index contributed by atoms with van der Waals surface area (Å²) in [6, 6.07) is 73.6. The van der Waals surface area contributed by atoms with E-state index in [2.05, 4.69) is 121 Å². The van der Waals surface area contributed by atoms with Gasteiger partial charge < -0.3 is 0 Å². The van der Waals surface area contributed by atoms with Crippen LogP contribution >= 0.6 is 0 Å². The molecule has 0 saturated carbocycles. The second-order valence-corrected chi connectivity index (χ2v) is 13.8. The van der Waals surface area contributed by atoms with Crippen molar-refractivity contribution in [1.29, 1.82) is 21.0 Å². The molecule has 0 saturated heterocycles. The molecule has 0 N–H and O–H groups in total. The Morgan fingerprint density at radius 3 is 0.483 bits per heavy atom. The molecule has 0 atom stereocenters. The average molecular weight is 737 g/mol. The Balaban J connectivity index is 1.31. The van der Waals surface area contributed by atoms with E-state index in [4.69, 9.17) is 0 Å². The van der Waals surface area contributed by atoms with Crippen molar-refractivity contribution in [3.63, 3.8) is 0 Å². The van der Waals surface area contributed by atoms with Crippen LogP contribution in [0.4, 0.5) is 0 Å². The van der Waals surface area contributed by atoms with Gasteiger partial charge >= 0.3 is 0 Å². The minimum Gasteiger partial charge on any atom is -0.192 e. The van der Waals surface area contributed by atoms with Gasteiger partial charge in [-0.25, -0.2) is 0 Å². The van der Waals surface area contributed by atoms with Crippen LogP contribution in [0, 0.1) is 45.3 Å². The maximum absolute atomic E-state index is 9.34. The van der Waals surface area contributed by atoms with Crippen molar-refractivity contribution in [2.24, 2.45) is 0 Å². The minimum atomic E-state index is 0.620. The second kappa shape index (κ2) is 16.4. The van der Waals surface area contributed by atoms with E-state index in [1.807, 2.05) is 97.1 Å². The van der Waals surface area contributed by atoms with Gasteiger partial charge in [0.05, 0.1) is 46.5 Å². The second-order valence-electron chi connectivity index (χ2n) is 13.8. The summed E-state index contributed by atoms with van der Waals surface area (Å²) in [6.07, 6.45) is 0. The van der Waals surface area contributed by atoms with Crippen molar-refractivity contribution in [3.8, 4) is 68.8 Å². The van der Waals surface area contributed by atoms with Crippen LogP contribution in [0.1, 0.15) is 44.5 Å². The summed E-state index contributed by atoms with van der Waals surface area (Å²) >= 11 is 0. The molecular formula is C54H32N4. The molecule has 0 aromatic heterocycles. The van der Waals surface area contributed by atoms with E-state index < -0.39 is 0 Å². The first-order valence-corrected chi connectivity index (χ1v) is 18.7. The lowest BCUT2D eigenvalue weighted by atomic mass is 9.84. The molecule has 58 heavy (non-hydrogen) atoms. The number of nitriles is 4. The van der Waals surface area contributed by atoms with Crippen LogP contribution < -0.4 is 0 Å². The molecule has 0 aliphatic heterocycles. The van der Waals surface area contributed by atoms with Crippen molar-refractivity contribution in [2.75, 3.05) is 0 Å². The summed E-state index contributed by atoms with van der Waals surface area (Å²) < 4.78 is 0. The van der Waals surface area contributed by atoms with E-state index in [0.717, 1.165) is 77.9 Å². The molecule has 8 aromatic rings. The van der Waals surface area contributed by atoms with E-state index in [1.54, 1.807) is 0 Å². The first kappa shape index (κ1) is 36.4. The van der Waals surface area contributed by atoms with Gasteiger partial charge in [-0.05, 0) is 126 Å². The Morgan fingerprint density at radius 1 is 0.207 bits per heavy atom. The maximum Gasteiger partial charge on any atom is 0.0991 e. The molecule has 0 aliphatic carbocycles. The molecule has 8 rings (SSSR count). The molecule has 8 aromatic carbocycles. The Morgan fingerprint density at radius 2 is 0.345 bits per heavy atom. The lowest BCUT2D eigenvalue weighted by Crippen LogP contribution is -1.98. The van der Waals surface area contributed by atoms with Gasteiger partial charge in [0, 0.05) is 0 Å². The summed E-state index contributed by atoms with van der Waals surface area (Å²) in [7, 11) is 0. The Hall–Kier alpha value is -8.54. The van der Waals surface area contributed by atoms with E-state index in [-0.39, 0.29) is 0 Å². The van der Waals surface area contributed by atoms with Gasteiger partial charge in [0.1, 0.15) is 0 Å². The monoisotopic (exact) mass is 736 g/mol. The molecule has 4 heteroatoms. The first-order chi connectivity index (χ1) is 28.5. The highest BCUT2D eigenvalue weighted by Gasteiger charge is 2.18. The SMILES string of the molecule is N#Cc1ccc(-c2ccc(C(=C(c3ccc(-c4ccc(C#N)cc4)cc3)c3ccc(-c4ccc(C#N)cc4)cc3)c3ccc(-c4ccc(C#N)cc4)cc3)cc2)cc1. The van der Waals surface area contributed by atoms with Crippen LogP contribution in [0.15, 0.2) is 194 Å². The topological polar surface area (TPSA) is 95.2 Å². The highest BCUT2D eigenvalue weighted by Crippen LogP contribution is 2.40.